The highest BCUT2D eigenvalue weighted by Crippen LogP contribution is 2.36. The molecule has 0 radical (unpaired) electrons. The summed E-state index contributed by atoms with van der Waals surface area (Å²) < 4.78 is 58.5. The van der Waals surface area contributed by atoms with Crippen LogP contribution in [0.1, 0.15) is 16.1 Å². The van der Waals surface area contributed by atoms with Gasteiger partial charge in [0.15, 0.2) is 5.76 Å². The first-order chi connectivity index (χ1) is 14.6. The van der Waals surface area contributed by atoms with E-state index in [1.807, 2.05) is 0 Å². The quantitative estimate of drug-likeness (QED) is 0.435. The molecule has 0 unspecified atom stereocenters. The highest BCUT2D eigenvalue weighted by Gasteiger charge is 2.34. The maximum atomic E-state index is 13.5. The number of alkyl halides is 3. The Kier molecular flexibility index (Phi) is 6.50. The first kappa shape index (κ1) is 22.2. The second-order valence-electron chi connectivity index (χ2n) is 6.22. The fraction of sp³-hybridized carbons (Fsp3) is 0.100. The van der Waals surface area contributed by atoms with Crippen LogP contribution in [0.2, 0.25) is 5.02 Å². The molecule has 0 fully saturated rings. The average molecular weight is 456 g/mol. The molecule has 2 aromatic carbocycles. The molecule has 2 amide bonds. The highest BCUT2D eigenvalue weighted by atomic mass is 35.5. The van der Waals surface area contributed by atoms with E-state index in [1.54, 1.807) is 0 Å². The Balaban J connectivity index is 1.70. The van der Waals surface area contributed by atoms with Crippen molar-refractivity contribution in [2.75, 3.05) is 22.5 Å². The van der Waals surface area contributed by atoms with Crippen LogP contribution < -0.4 is 16.0 Å². The predicted octanol–water partition coefficient (Wildman–Crippen LogP) is 5.39. The molecule has 0 aliphatic rings. The van der Waals surface area contributed by atoms with E-state index in [-0.39, 0.29) is 27.8 Å². The van der Waals surface area contributed by atoms with Gasteiger partial charge in [0.25, 0.3) is 5.91 Å². The van der Waals surface area contributed by atoms with Gasteiger partial charge in [-0.1, -0.05) is 11.6 Å². The number of carbonyl (C=O) groups excluding carboxylic acids is 2. The van der Waals surface area contributed by atoms with E-state index in [4.69, 9.17) is 16.0 Å². The van der Waals surface area contributed by atoms with Crippen LogP contribution in [0.25, 0.3) is 0 Å². The van der Waals surface area contributed by atoms with Gasteiger partial charge >= 0.3 is 6.18 Å². The number of furan rings is 1. The lowest BCUT2D eigenvalue weighted by atomic mass is 10.1. The van der Waals surface area contributed by atoms with Crippen molar-refractivity contribution in [3.8, 4) is 0 Å². The SMILES string of the molecule is O=C(CNc1ccc(NC(=O)c2ccco2)cc1C(F)(F)F)Nc1ccc(F)c(Cl)c1. The second-order valence-corrected chi connectivity index (χ2v) is 6.63. The van der Waals surface area contributed by atoms with Crippen LogP contribution in [0.3, 0.4) is 0 Å². The van der Waals surface area contributed by atoms with Crippen molar-refractivity contribution < 1.29 is 31.6 Å². The van der Waals surface area contributed by atoms with Crippen molar-refractivity contribution in [3.63, 3.8) is 0 Å². The van der Waals surface area contributed by atoms with E-state index < -0.39 is 35.9 Å². The van der Waals surface area contributed by atoms with Gasteiger partial charge in [0.05, 0.1) is 23.4 Å². The zero-order valence-electron chi connectivity index (χ0n) is 15.5. The number of rotatable bonds is 6. The average Bonchev–Trinajstić information content (AvgIpc) is 3.24. The number of carbonyl (C=O) groups is 2. The second kappa shape index (κ2) is 9.09. The lowest BCUT2D eigenvalue weighted by Gasteiger charge is -2.16. The molecule has 0 aliphatic carbocycles. The number of amides is 2. The van der Waals surface area contributed by atoms with Crippen molar-refractivity contribution in [2.24, 2.45) is 0 Å². The third-order valence-corrected chi connectivity index (χ3v) is 4.26. The van der Waals surface area contributed by atoms with Gasteiger partial charge in [-0.2, -0.15) is 13.2 Å². The molecule has 1 heterocycles. The summed E-state index contributed by atoms with van der Waals surface area (Å²) in [5.74, 6) is -2.12. The van der Waals surface area contributed by atoms with Crippen LogP contribution in [0, 0.1) is 5.82 Å². The van der Waals surface area contributed by atoms with Crippen molar-refractivity contribution in [1.29, 1.82) is 0 Å². The van der Waals surface area contributed by atoms with Crippen LogP contribution in [0.5, 0.6) is 0 Å². The Morgan fingerprint density at radius 3 is 2.35 bits per heavy atom. The van der Waals surface area contributed by atoms with Gasteiger partial charge in [-0.05, 0) is 48.5 Å². The van der Waals surface area contributed by atoms with Gasteiger partial charge in [-0.15, -0.1) is 0 Å². The van der Waals surface area contributed by atoms with Crippen molar-refractivity contribution in [3.05, 3.63) is 77.0 Å². The van der Waals surface area contributed by atoms with Crippen LogP contribution in [-0.2, 0) is 11.0 Å². The van der Waals surface area contributed by atoms with E-state index in [0.717, 1.165) is 18.2 Å². The molecule has 3 aromatic rings. The fourth-order valence-corrected chi connectivity index (χ4v) is 2.75. The Morgan fingerprint density at radius 1 is 1.00 bits per heavy atom. The Bertz CT molecular complexity index is 1100. The summed E-state index contributed by atoms with van der Waals surface area (Å²) >= 11 is 5.62. The first-order valence-electron chi connectivity index (χ1n) is 8.68. The summed E-state index contributed by atoms with van der Waals surface area (Å²) in [5, 5.41) is 6.89. The molecule has 0 saturated carbocycles. The van der Waals surface area contributed by atoms with Gasteiger partial charge < -0.3 is 20.4 Å². The number of halogens is 5. The molecular weight excluding hydrogens is 442 g/mol. The molecular formula is C20H14ClF4N3O3. The van der Waals surface area contributed by atoms with Crippen LogP contribution in [0.4, 0.5) is 34.6 Å². The third-order valence-electron chi connectivity index (χ3n) is 3.97. The summed E-state index contributed by atoms with van der Waals surface area (Å²) in [4.78, 5) is 24.0. The molecule has 3 N–H and O–H groups in total. The Labute approximate surface area is 178 Å². The number of anilines is 3. The van der Waals surface area contributed by atoms with E-state index >= 15 is 0 Å². The molecule has 0 saturated heterocycles. The summed E-state index contributed by atoms with van der Waals surface area (Å²) in [6.07, 6.45) is -3.50. The predicted molar refractivity (Wildman–Crippen MR) is 107 cm³/mol. The molecule has 3 rings (SSSR count). The summed E-state index contributed by atoms with van der Waals surface area (Å²) in [5.41, 5.74) is -1.37. The Hall–Kier alpha value is -3.53. The van der Waals surface area contributed by atoms with E-state index in [1.165, 1.54) is 36.6 Å². The van der Waals surface area contributed by atoms with E-state index in [0.29, 0.717) is 0 Å². The van der Waals surface area contributed by atoms with E-state index in [2.05, 4.69) is 16.0 Å². The number of hydrogen-bond acceptors (Lipinski definition) is 4. The molecule has 0 atom stereocenters. The zero-order chi connectivity index (χ0) is 22.6. The maximum absolute atomic E-state index is 13.5. The normalized spacial score (nSPS) is 11.1. The lowest BCUT2D eigenvalue weighted by Crippen LogP contribution is -2.23. The van der Waals surface area contributed by atoms with Crippen molar-refractivity contribution in [2.45, 2.75) is 6.18 Å². The standard InChI is InChI=1S/C20H14ClF4N3O3/c21-14-9-12(3-5-15(14)22)27-18(29)10-26-16-6-4-11(8-13(16)20(23,24)25)28-19(30)17-2-1-7-31-17/h1-9,26H,10H2,(H,27,29)(H,28,30). The summed E-state index contributed by atoms with van der Waals surface area (Å²) in [6.45, 7) is -0.504. The third kappa shape index (κ3) is 5.76. The molecule has 31 heavy (non-hydrogen) atoms. The lowest BCUT2D eigenvalue weighted by molar-refractivity contribution is -0.137. The summed E-state index contributed by atoms with van der Waals surface area (Å²) in [7, 11) is 0. The van der Waals surface area contributed by atoms with Gasteiger partial charge in [0, 0.05) is 17.1 Å². The molecule has 11 heteroatoms. The molecule has 0 aliphatic heterocycles. The van der Waals surface area contributed by atoms with Gasteiger partial charge in [-0.3, -0.25) is 9.59 Å². The monoisotopic (exact) mass is 455 g/mol. The minimum atomic E-state index is -4.76. The smallest absolute Gasteiger partial charge is 0.418 e. The van der Waals surface area contributed by atoms with Gasteiger partial charge in [0.1, 0.15) is 5.82 Å². The molecule has 6 nitrogen and oxygen atoms in total. The number of nitrogens with one attached hydrogen (secondary N) is 3. The van der Waals surface area contributed by atoms with Crippen LogP contribution >= 0.6 is 11.6 Å². The summed E-state index contributed by atoms with van der Waals surface area (Å²) in [6, 6.07) is 9.38. The zero-order valence-corrected chi connectivity index (χ0v) is 16.3. The largest absolute Gasteiger partial charge is 0.459 e. The maximum Gasteiger partial charge on any atom is 0.418 e. The number of hydrogen-bond donors (Lipinski definition) is 3. The molecule has 0 bridgehead atoms. The first-order valence-corrected chi connectivity index (χ1v) is 9.06. The minimum Gasteiger partial charge on any atom is -0.459 e. The number of benzene rings is 2. The minimum absolute atomic E-state index is 0.0617. The highest BCUT2D eigenvalue weighted by molar-refractivity contribution is 6.31. The van der Waals surface area contributed by atoms with Crippen molar-refractivity contribution >= 4 is 40.5 Å². The van der Waals surface area contributed by atoms with Crippen LogP contribution in [-0.4, -0.2) is 18.4 Å². The van der Waals surface area contributed by atoms with Crippen molar-refractivity contribution in [1.82, 2.24) is 0 Å². The van der Waals surface area contributed by atoms with Gasteiger partial charge in [0.2, 0.25) is 5.91 Å². The molecule has 1 aromatic heterocycles. The topological polar surface area (TPSA) is 83.4 Å². The van der Waals surface area contributed by atoms with E-state index in [9.17, 15) is 27.2 Å². The Morgan fingerprint density at radius 2 is 1.71 bits per heavy atom. The van der Waals surface area contributed by atoms with Gasteiger partial charge in [-0.25, -0.2) is 4.39 Å². The molecule has 0 spiro atoms. The molecule has 162 valence electrons. The fourth-order valence-electron chi connectivity index (χ4n) is 2.57. The van der Waals surface area contributed by atoms with Crippen LogP contribution in [0.15, 0.2) is 59.2 Å².